The van der Waals surface area contributed by atoms with Gasteiger partial charge in [-0.05, 0) is 35.2 Å². The van der Waals surface area contributed by atoms with Crippen molar-refractivity contribution in [1.82, 2.24) is 15.1 Å². The number of ether oxygens (including phenoxy) is 2. The Morgan fingerprint density at radius 1 is 1.15 bits per heavy atom. The number of carbonyl (C=O) groups is 1. The zero-order valence-electron chi connectivity index (χ0n) is 18.4. The highest BCUT2D eigenvalue weighted by molar-refractivity contribution is 5.98. The largest absolute Gasteiger partial charge is 0.454 e. The molecule has 0 fully saturated rings. The maximum Gasteiger partial charge on any atom is 0.410 e. The Bertz CT molecular complexity index is 1210. The second kappa shape index (κ2) is 8.58. The number of fused-ring (bicyclic) bond motifs is 2. The first-order valence-electron chi connectivity index (χ1n) is 11.0. The van der Waals surface area contributed by atoms with E-state index in [9.17, 15) is 18.0 Å². The van der Waals surface area contributed by atoms with Crippen LogP contribution in [-0.2, 0) is 13.0 Å². The summed E-state index contributed by atoms with van der Waals surface area (Å²) < 4.78 is 53.2. The van der Waals surface area contributed by atoms with Crippen LogP contribution in [0.15, 0.2) is 48.7 Å². The molecule has 7 nitrogen and oxygen atoms in total. The molecule has 1 aromatic heterocycles. The average Bonchev–Trinajstić information content (AvgIpc) is 3.48. The van der Waals surface area contributed by atoms with E-state index in [0.29, 0.717) is 11.5 Å². The van der Waals surface area contributed by atoms with Crippen molar-refractivity contribution >= 4 is 11.7 Å². The summed E-state index contributed by atoms with van der Waals surface area (Å²) in [6, 6.07) is 10.3. The van der Waals surface area contributed by atoms with E-state index in [0.717, 1.165) is 27.8 Å². The quantitative estimate of drug-likeness (QED) is 0.560. The molecule has 0 radical (unpaired) electrons. The molecular formula is C24H23F3N4O3. The molecule has 1 amide bonds. The molecule has 0 aliphatic carbocycles. The van der Waals surface area contributed by atoms with Crippen LogP contribution in [0.5, 0.6) is 11.5 Å². The number of anilines is 1. The topological polar surface area (TPSA) is 77.4 Å². The first-order chi connectivity index (χ1) is 16.3. The Hall–Kier alpha value is -3.69. The van der Waals surface area contributed by atoms with E-state index in [1.165, 1.54) is 6.20 Å². The molecule has 3 heterocycles. The monoisotopic (exact) mass is 472 g/mol. The lowest BCUT2D eigenvalue weighted by Crippen LogP contribution is -2.36. The van der Waals surface area contributed by atoms with Gasteiger partial charge in [0, 0.05) is 13.0 Å². The summed E-state index contributed by atoms with van der Waals surface area (Å²) >= 11 is 0. The van der Waals surface area contributed by atoms with Gasteiger partial charge in [-0.1, -0.05) is 37.3 Å². The molecule has 2 aliphatic rings. The second-order valence-electron chi connectivity index (χ2n) is 8.31. The number of benzene rings is 2. The Kier molecular flexibility index (Phi) is 5.59. The van der Waals surface area contributed by atoms with Crippen molar-refractivity contribution in [3.63, 3.8) is 0 Å². The van der Waals surface area contributed by atoms with Gasteiger partial charge in [0.1, 0.15) is 11.4 Å². The summed E-state index contributed by atoms with van der Waals surface area (Å²) in [5.41, 5.74) is 2.66. The highest BCUT2D eigenvalue weighted by Gasteiger charge is 2.47. The van der Waals surface area contributed by atoms with Crippen molar-refractivity contribution in [3.8, 4) is 11.5 Å². The third-order valence-corrected chi connectivity index (χ3v) is 6.16. The molecule has 178 valence electrons. The second-order valence-corrected chi connectivity index (χ2v) is 8.31. The van der Waals surface area contributed by atoms with Crippen LogP contribution in [0.1, 0.15) is 52.5 Å². The minimum atomic E-state index is -4.51. The lowest BCUT2D eigenvalue weighted by molar-refractivity contribution is -0.173. The summed E-state index contributed by atoms with van der Waals surface area (Å²) in [5.74, 6) is 0.748. The molecule has 3 aromatic rings. The van der Waals surface area contributed by atoms with E-state index < -0.39 is 24.2 Å². The van der Waals surface area contributed by atoms with Gasteiger partial charge in [0.05, 0.1) is 12.2 Å². The molecular weight excluding hydrogens is 449 g/mol. The van der Waals surface area contributed by atoms with E-state index in [1.54, 1.807) is 18.2 Å². The molecule has 0 spiro atoms. The van der Waals surface area contributed by atoms with Gasteiger partial charge in [0.2, 0.25) is 6.79 Å². The molecule has 34 heavy (non-hydrogen) atoms. The average molecular weight is 472 g/mol. The van der Waals surface area contributed by atoms with Gasteiger partial charge in [-0.15, -0.1) is 0 Å². The Morgan fingerprint density at radius 2 is 1.88 bits per heavy atom. The van der Waals surface area contributed by atoms with Gasteiger partial charge < -0.3 is 20.1 Å². The van der Waals surface area contributed by atoms with Crippen LogP contribution in [0, 0.1) is 0 Å². The molecule has 5 rings (SSSR count). The fourth-order valence-electron chi connectivity index (χ4n) is 4.26. The molecule has 0 saturated heterocycles. The molecule has 0 bridgehead atoms. The van der Waals surface area contributed by atoms with Gasteiger partial charge in [-0.25, -0.2) is 4.68 Å². The summed E-state index contributed by atoms with van der Waals surface area (Å²) in [7, 11) is 0. The lowest BCUT2D eigenvalue weighted by atomic mass is 9.95. The van der Waals surface area contributed by atoms with Crippen LogP contribution in [0.25, 0.3) is 0 Å². The minimum Gasteiger partial charge on any atom is -0.454 e. The number of rotatable bonds is 5. The standard InChI is InChI=1S/C24H23F3N4O3/c1-2-14-3-6-16(7-4-14)18-10-21(24(25,26)27)31-22(30-18)17(12-29-31)23(32)28-11-15-5-8-19-20(9-15)34-13-33-19/h3-9,12,18,21,30H,2,10-11,13H2,1H3,(H,28,32)/t18-,21+/m1/s1. The summed E-state index contributed by atoms with van der Waals surface area (Å²) in [6.45, 7) is 2.33. The van der Waals surface area contributed by atoms with Crippen molar-refractivity contribution in [2.75, 3.05) is 12.1 Å². The van der Waals surface area contributed by atoms with E-state index in [-0.39, 0.29) is 31.1 Å². The third kappa shape index (κ3) is 4.15. The smallest absolute Gasteiger partial charge is 0.410 e. The zero-order valence-corrected chi connectivity index (χ0v) is 18.4. The molecule has 0 unspecified atom stereocenters. The molecule has 2 atom stereocenters. The van der Waals surface area contributed by atoms with Crippen LogP contribution >= 0.6 is 0 Å². The number of nitrogens with one attached hydrogen (secondary N) is 2. The zero-order chi connectivity index (χ0) is 23.9. The highest BCUT2D eigenvalue weighted by atomic mass is 19.4. The van der Waals surface area contributed by atoms with Crippen molar-refractivity contribution in [1.29, 1.82) is 0 Å². The first-order valence-corrected chi connectivity index (χ1v) is 11.0. The predicted molar refractivity (Wildman–Crippen MR) is 118 cm³/mol. The molecule has 2 aliphatic heterocycles. The number of aromatic nitrogens is 2. The van der Waals surface area contributed by atoms with Crippen LogP contribution < -0.4 is 20.1 Å². The van der Waals surface area contributed by atoms with Crippen LogP contribution in [-0.4, -0.2) is 28.7 Å². The Balaban J connectivity index is 1.38. The first kappa shape index (κ1) is 22.1. The maximum atomic E-state index is 13.9. The Morgan fingerprint density at radius 3 is 2.62 bits per heavy atom. The molecule has 2 N–H and O–H groups in total. The lowest BCUT2D eigenvalue weighted by Gasteiger charge is -2.34. The fourth-order valence-corrected chi connectivity index (χ4v) is 4.26. The number of hydrogen-bond acceptors (Lipinski definition) is 5. The number of alkyl halides is 3. The number of aryl methyl sites for hydroxylation is 1. The molecule has 10 heteroatoms. The summed E-state index contributed by atoms with van der Waals surface area (Å²) in [6.07, 6.45) is -2.71. The van der Waals surface area contributed by atoms with Crippen molar-refractivity contribution < 1.29 is 27.4 Å². The van der Waals surface area contributed by atoms with Gasteiger partial charge >= 0.3 is 6.18 Å². The normalized spacial score (nSPS) is 18.8. The van der Waals surface area contributed by atoms with Crippen molar-refractivity contribution in [2.45, 2.75) is 44.6 Å². The van der Waals surface area contributed by atoms with Crippen LogP contribution in [0.2, 0.25) is 0 Å². The van der Waals surface area contributed by atoms with Gasteiger partial charge in [-0.2, -0.15) is 18.3 Å². The predicted octanol–water partition coefficient (Wildman–Crippen LogP) is 4.76. The number of halogens is 3. The highest BCUT2D eigenvalue weighted by Crippen LogP contribution is 2.44. The van der Waals surface area contributed by atoms with E-state index in [2.05, 4.69) is 15.7 Å². The number of amides is 1. The van der Waals surface area contributed by atoms with Gasteiger partial charge in [-0.3, -0.25) is 4.79 Å². The molecule has 2 aromatic carbocycles. The Labute approximate surface area is 193 Å². The molecule has 0 saturated carbocycles. The number of nitrogens with zero attached hydrogens (tertiary/aromatic N) is 2. The van der Waals surface area contributed by atoms with Crippen molar-refractivity contribution in [2.24, 2.45) is 0 Å². The number of carbonyl (C=O) groups excluding carboxylic acids is 1. The number of hydrogen-bond donors (Lipinski definition) is 2. The van der Waals surface area contributed by atoms with Crippen LogP contribution in [0.3, 0.4) is 0 Å². The summed E-state index contributed by atoms with van der Waals surface area (Å²) in [5, 5.41) is 9.79. The minimum absolute atomic E-state index is 0.0568. The van der Waals surface area contributed by atoms with Crippen LogP contribution in [0.4, 0.5) is 19.0 Å². The van der Waals surface area contributed by atoms with Gasteiger partial charge in [0.25, 0.3) is 5.91 Å². The third-order valence-electron chi connectivity index (χ3n) is 6.16. The fraction of sp³-hybridized carbons (Fsp3) is 0.333. The van der Waals surface area contributed by atoms with Gasteiger partial charge in [0.15, 0.2) is 17.5 Å². The maximum absolute atomic E-state index is 13.9. The summed E-state index contributed by atoms with van der Waals surface area (Å²) in [4.78, 5) is 12.9. The SMILES string of the molecule is CCc1ccc([C@H]2C[C@@H](C(F)(F)F)n3ncc(C(=O)NCc4ccc5c(c4)OCO5)c3N2)cc1. The van der Waals surface area contributed by atoms with E-state index in [4.69, 9.17) is 9.47 Å². The van der Waals surface area contributed by atoms with E-state index in [1.807, 2.05) is 31.2 Å². The van der Waals surface area contributed by atoms with E-state index >= 15 is 0 Å². The van der Waals surface area contributed by atoms with Crippen molar-refractivity contribution in [3.05, 3.63) is 70.9 Å².